The second-order valence-electron chi connectivity index (χ2n) is 8.58. The molecule has 2 aromatic rings. The third-order valence-electron chi connectivity index (χ3n) is 5.82. The molecule has 0 aliphatic carbocycles. The Morgan fingerprint density at radius 2 is 1.73 bits per heavy atom. The topological polar surface area (TPSA) is 96.0 Å². The number of methoxy groups -OCH3 is 1. The Morgan fingerprint density at radius 1 is 1.08 bits per heavy atom. The lowest BCUT2D eigenvalue weighted by Crippen LogP contribution is -2.49. The summed E-state index contributed by atoms with van der Waals surface area (Å²) < 4.78 is 31.5. The number of nitrogens with one attached hydrogen (secondary N) is 1. The zero-order chi connectivity index (χ0) is 27.6. The van der Waals surface area contributed by atoms with E-state index in [-0.39, 0.29) is 37.7 Å². The highest BCUT2D eigenvalue weighted by Gasteiger charge is 2.29. The van der Waals surface area contributed by atoms with Crippen molar-refractivity contribution in [3.8, 4) is 5.75 Å². The molecule has 0 radical (unpaired) electrons. The second-order valence-corrected chi connectivity index (χ2v) is 11.3. The summed E-state index contributed by atoms with van der Waals surface area (Å²) in [7, 11) is -2.11. The van der Waals surface area contributed by atoms with E-state index in [0.29, 0.717) is 40.0 Å². The maximum Gasteiger partial charge on any atom is 0.242 e. The van der Waals surface area contributed by atoms with Gasteiger partial charge in [-0.2, -0.15) is 0 Å². The third-order valence-corrected chi connectivity index (χ3v) is 7.72. The fraction of sp³-hybridized carbons (Fsp3) is 0.462. The first-order valence-electron chi connectivity index (χ1n) is 12.1. The summed E-state index contributed by atoms with van der Waals surface area (Å²) in [5.74, 6) is -0.0301. The molecule has 2 rings (SSSR count). The zero-order valence-corrected chi connectivity index (χ0v) is 24.0. The highest BCUT2D eigenvalue weighted by atomic mass is 35.5. The summed E-state index contributed by atoms with van der Waals surface area (Å²) in [6, 6.07) is 11.1. The van der Waals surface area contributed by atoms with Gasteiger partial charge in [0.05, 0.1) is 19.1 Å². The number of carbonyl (C=O) groups is 2. The van der Waals surface area contributed by atoms with Crippen molar-refractivity contribution < 1.29 is 22.7 Å². The van der Waals surface area contributed by atoms with Gasteiger partial charge in [0, 0.05) is 47.7 Å². The Balaban J connectivity index is 2.27. The van der Waals surface area contributed by atoms with Gasteiger partial charge in [0.15, 0.2) is 0 Å². The lowest BCUT2D eigenvalue weighted by molar-refractivity contribution is -0.141. The molecule has 0 aliphatic heterocycles. The van der Waals surface area contributed by atoms with Gasteiger partial charge in [-0.3, -0.25) is 13.9 Å². The average molecular weight is 573 g/mol. The molecule has 2 aromatic carbocycles. The molecule has 37 heavy (non-hydrogen) atoms. The summed E-state index contributed by atoms with van der Waals surface area (Å²) in [6.45, 7) is 4.41. The maximum atomic E-state index is 13.5. The standard InChI is InChI=1S/C26H35Cl2N3O5S/c1-5-15-29-26(33)24(6-2)30(18-21-22(27)12-8-13-23(21)28)25(32)14-9-16-31(37(4,34)35)19-10-7-11-20(17-19)36-3/h7-8,10-13,17,24H,5-6,9,14-16,18H2,1-4H3,(H,29,33)/t24-/m1/s1. The Kier molecular flexibility index (Phi) is 12.0. The van der Waals surface area contributed by atoms with Crippen LogP contribution in [0.4, 0.5) is 5.69 Å². The van der Waals surface area contributed by atoms with E-state index >= 15 is 0 Å². The van der Waals surface area contributed by atoms with Gasteiger partial charge in [0.1, 0.15) is 11.8 Å². The van der Waals surface area contributed by atoms with Crippen LogP contribution in [-0.2, 0) is 26.2 Å². The summed E-state index contributed by atoms with van der Waals surface area (Å²) in [5, 5.41) is 3.66. The lowest BCUT2D eigenvalue weighted by Gasteiger charge is -2.31. The number of hydrogen-bond acceptors (Lipinski definition) is 5. The van der Waals surface area contributed by atoms with Gasteiger partial charge in [-0.25, -0.2) is 8.42 Å². The number of ether oxygens (including phenoxy) is 1. The van der Waals surface area contributed by atoms with E-state index in [1.807, 2.05) is 13.8 Å². The number of carbonyl (C=O) groups excluding carboxylic acids is 2. The SMILES string of the molecule is CCCNC(=O)[C@@H](CC)N(Cc1c(Cl)cccc1Cl)C(=O)CCCN(c1cccc(OC)c1)S(C)(=O)=O. The van der Waals surface area contributed by atoms with Crippen LogP contribution in [0.5, 0.6) is 5.75 Å². The first-order chi connectivity index (χ1) is 17.5. The number of amides is 2. The molecular formula is C26H35Cl2N3O5S. The predicted molar refractivity (Wildman–Crippen MR) is 149 cm³/mol. The number of nitrogens with zero attached hydrogens (tertiary/aromatic N) is 2. The van der Waals surface area contributed by atoms with Gasteiger partial charge in [0.25, 0.3) is 0 Å². The molecule has 0 spiro atoms. The minimum Gasteiger partial charge on any atom is -0.497 e. The lowest BCUT2D eigenvalue weighted by atomic mass is 10.1. The summed E-state index contributed by atoms with van der Waals surface area (Å²) in [5.41, 5.74) is 0.995. The van der Waals surface area contributed by atoms with Crippen LogP contribution in [0.25, 0.3) is 0 Å². The molecule has 1 N–H and O–H groups in total. The van der Waals surface area contributed by atoms with Crippen molar-refractivity contribution in [3.05, 3.63) is 58.1 Å². The Hall–Kier alpha value is -2.49. The Labute approximate surface area is 229 Å². The van der Waals surface area contributed by atoms with Crippen molar-refractivity contribution in [1.82, 2.24) is 10.2 Å². The van der Waals surface area contributed by atoms with Gasteiger partial charge >= 0.3 is 0 Å². The number of sulfonamides is 1. The molecule has 8 nitrogen and oxygen atoms in total. The molecule has 1 atom stereocenters. The molecule has 0 saturated carbocycles. The monoisotopic (exact) mass is 571 g/mol. The molecule has 0 fully saturated rings. The normalized spacial score (nSPS) is 12.1. The van der Waals surface area contributed by atoms with Crippen LogP contribution < -0.4 is 14.4 Å². The smallest absolute Gasteiger partial charge is 0.242 e. The van der Waals surface area contributed by atoms with Gasteiger partial charge in [0.2, 0.25) is 21.8 Å². The molecule has 0 unspecified atom stereocenters. The molecule has 0 aliphatic rings. The number of hydrogen-bond donors (Lipinski definition) is 1. The minimum atomic E-state index is -3.61. The van der Waals surface area contributed by atoms with Crippen LogP contribution in [0.1, 0.15) is 45.1 Å². The van der Waals surface area contributed by atoms with Crippen molar-refractivity contribution in [2.24, 2.45) is 0 Å². The summed E-state index contributed by atoms with van der Waals surface area (Å²) in [6.07, 6.45) is 2.53. The quantitative estimate of drug-likeness (QED) is 0.348. The van der Waals surface area contributed by atoms with E-state index in [9.17, 15) is 18.0 Å². The van der Waals surface area contributed by atoms with Crippen LogP contribution in [0.3, 0.4) is 0 Å². The Bertz CT molecular complexity index is 1160. The van der Waals surface area contributed by atoms with Crippen LogP contribution in [0.2, 0.25) is 10.0 Å². The van der Waals surface area contributed by atoms with E-state index in [0.717, 1.165) is 12.7 Å². The van der Waals surface area contributed by atoms with Crippen molar-refractivity contribution in [2.45, 2.75) is 52.1 Å². The fourth-order valence-electron chi connectivity index (χ4n) is 3.91. The number of benzene rings is 2. The number of halogens is 2. The largest absolute Gasteiger partial charge is 0.497 e. The average Bonchev–Trinajstić information content (AvgIpc) is 2.85. The van der Waals surface area contributed by atoms with Crippen molar-refractivity contribution in [2.75, 3.05) is 30.8 Å². The molecule has 0 saturated heterocycles. The van der Waals surface area contributed by atoms with Crippen molar-refractivity contribution >= 4 is 50.7 Å². The van der Waals surface area contributed by atoms with E-state index in [2.05, 4.69) is 5.32 Å². The molecule has 0 bridgehead atoms. The fourth-order valence-corrected chi connectivity index (χ4v) is 5.38. The molecule has 204 valence electrons. The summed E-state index contributed by atoms with van der Waals surface area (Å²) in [4.78, 5) is 27.9. The van der Waals surface area contributed by atoms with Gasteiger partial charge in [-0.05, 0) is 43.5 Å². The molecule has 2 amide bonds. The highest BCUT2D eigenvalue weighted by Crippen LogP contribution is 2.28. The maximum absolute atomic E-state index is 13.5. The molecule has 0 heterocycles. The van der Waals surface area contributed by atoms with Gasteiger partial charge in [-0.1, -0.05) is 49.2 Å². The second kappa shape index (κ2) is 14.4. The Morgan fingerprint density at radius 3 is 2.30 bits per heavy atom. The van der Waals surface area contributed by atoms with E-state index < -0.39 is 16.1 Å². The molecular weight excluding hydrogens is 537 g/mol. The zero-order valence-electron chi connectivity index (χ0n) is 21.7. The summed E-state index contributed by atoms with van der Waals surface area (Å²) >= 11 is 12.7. The van der Waals surface area contributed by atoms with Crippen LogP contribution >= 0.6 is 23.2 Å². The van der Waals surface area contributed by atoms with Gasteiger partial charge in [-0.15, -0.1) is 0 Å². The first kappa shape index (κ1) is 30.7. The molecule has 11 heteroatoms. The van der Waals surface area contributed by atoms with E-state index in [1.54, 1.807) is 42.5 Å². The predicted octanol–water partition coefficient (Wildman–Crippen LogP) is 4.88. The third kappa shape index (κ3) is 8.79. The van der Waals surface area contributed by atoms with E-state index in [4.69, 9.17) is 27.9 Å². The van der Waals surface area contributed by atoms with E-state index in [1.165, 1.54) is 16.3 Å². The number of rotatable bonds is 14. The first-order valence-corrected chi connectivity index (χ1v) is 14.8. The minimum absolute atomic E-state index is 0.0234. The highest BCUT2D eigenvalue weighted by molar-refractivity contribution is 7.92. The van der Waals surface area contributed by atoms with Gasteiger partial charge < -0.3 is 15.0 Å². The number of anilines is 1. The van der Waals surface area contributed by atoms with Crippen molar-refractivity contribution in [3.63, 3.8) is 0 Å². The van der Waals surface area contributed by atoms with Crippen LogP contribution in [-0.4, -0.2) is 57.6 Å². The van der Waals surface area contributed by atoms with Crippen molar-refractivity contribution in [1.29, 1.82) is 0 Å². The molecule has 0 aromatic heterocycles. The van der Waals surface area contributed by atoms with Crippen LogP contribution in [0, 0.1) is 0 Å². The van der Waals surface area contributed by atoms with Crippen LogP contribution in [0.15, 0.2) is 42.5 Å².